The van der Waals surface area contributed by atoms with Crippen LogP contribution in [0.5, 0.6) is 0 Å². The highest BCUT2D eigenvalue weighted by Crippen LogP contribution is 2.16. The molecule has 2 rings (SSSR count). The lowest BCUT2D eigenvalue weighted by Gasteiger charge is -2.29. The lowest BCUT2D eigenvalue weighted by Crippen LogP contribution is -2.49. The van der Waals surface area contributed by atoms with Crippen molar-refractivity contribution in [3.63, 3.8) is 0 Å². The Labute approximate surface area is 118 Å². The molecule has 2 heterocycles. The number of hydrogen-bond acceptors (Lipinski definition) is 6. The van der Waals surface area contributed by atoms with E-state index in [4.69, 9.17) is 0 Å². The van der Waals surface area contributed by atoms with Gasteiger partial charge in [-0.3, -0.25) is 4.79 Å². The van der Waals surface area contributed by atoms with Gasteiger partial charge < -0.3 is 15.1 Å². The van der Waals surface area contributed by atoms with Crippen molar-refractivity contribution >= 4 is 22.6 Å². The molecule has 19 heavy (non-hydrogen) atoms. The highest BCUT2D eigenvalue weighted by Gasteiger charge is 2.19. The van der Waals surface area contributed by atoms with Gasteiger partial charge in [-0.15, -0.1) is 0 Å². The molecule has 106 valence electrons. The monoisotopic (exact) mass is 283 g/mol. The molecule has 7 heteroatoms. The molecule has 0 saturated carbocycles. The van der Waals surface area contributed by atoms with E-state index < -0.39 is 0 Å². The number of amides is 1. The van der Waals surface area contributed by atoms with Crippen molar-refractivity contribution in [3.05, 3.63) is 5.82 Å². The number of aryl methyl sites for hydroxylation is 1. The number of aromatic nitrogens is 2. The molecular formula is C12H21N5OS. The van der Waals surface area contributed by atoms with Crippen LogP contribution >= 0.6 is 11.5 Å². The topological polar surface area (TPSA) is 61.4 Å². The third-order valence-corrected chi connectivity index (χ3v) is 3.97. The van der Waals surface area contributed by atoms with Crippen LogP contribution in [0.1, 0.15) is 19.2 Å². The highest BCUT2D eigenvalue weighted by atomic mass is 32.1. The van der Waals surface area contributed by atoms with Crippen molar-refractivity contribution in [2.24, 2.45) is 0 Å². The van der Waals surface area contributed by atoms with E-state index in [1.165, 1.54) is 11.5 Å². The maximum atomic E-state index is 12.1. The number of piperazine rings is 1. The first-order valence-corrected chi connectivity index (χ1v) is 7.50. The molecule has 1 aromatic heterocycles. The van der Waals surface area contributed by atoms with E-state index in [1.54, 1.807) is 0 Å². The maximum Gasteiger partial charge on any atom is 0.242 e. The molecule has 6 nitrogen and oxygen atoms in total. The van der Waals surface area contributed by atoms with Gasteiger partial charge in [0.05, 0.1) is 6.54 Å². The summed E-state index contributed by atoms with van der Waals surface area (Å²) < 4.78 is 4.30. The van der Waals surface area contributed by atoms with E-state index in [0.717, 1.165) is 50.0 Å². The highest BCUT2D eigenvalue weighted by molar-refractivity contribution is 7.09. The zero-order chi connectivity index (χ0) is 13.7. The summed E-state index contributed by atoms with van der Waals surface area (Å²) in [6.07, 6.45) is 1.94. The van der Waals surface area contributed by atoms with Crippen LogP contribution in [0, 0.1) is 0 Å². The van der Waals surface area contributed by atoms with E-state index in [1.807, 2.05) is 16.8 Å². The summed E-state index contributed by atoms with van der Waals surface area (Å²) in [5.41, 5.74) is 0. The minimum Gasteiger partial charge on any atom is -0.341 e. The van der Waals surface area contributed by atoms with Crippen molar-refractivity contribution < 1.29 is 4.79 Å². The minimum absolute atomic E-state index is 0.163. The molecule has 0 radical (unpaired) electrons. The smallest absolute Gasteiger partial charge is 0.242 e. The fourth-order valence-electron chi connectivity index (χ4n) is 2.01. The maximum absolute atomic E-state index is 12.1. The predicted octanol–water partition coefficient (Wildman–Crippen LogP) is 0.359. The second-order valence-electron chi connectivity index (χ2n) is 4.73. The van der Waals surface area contributed by atoms with E-state index in [2.05, 4.69) is 21.6 Å². The van der Waals surface area contributed by atoms with Crippen molar-refractivity contribution in [2.75, 3.05) is 44.7 Å². The Morgan fingerprint density at radius 3 is 2.89 bits per heavy atom. The normalized spacial score (nSPS) is 15.6. The van der Waals surface area contributed by atoms with Crippen molar-refractivity contribution in [1.29, 1.82) is 0 Å². The number of carbonyl (C=O) groups is 1. The van der Waals surface area contributed by atoms with Crippen molar-refractivity contribution in [2.45, 2.75) is 19.8 Å². The van der Waals surface area contributed by atoms with Crippen LogP contribution in [-0.4, -0.2) is 59.9 Å². The first kappa shape index (κ1) is 14.2. The Morgan fingerprint density at radius 1 is 1.47 bits per heavy atom. The largest absolute Gasteiger partial charge is 0.341 e. The zero-order valence-electron chi connectivity index (χ0n) is 11.6. The molecule has 1 aliphatic rings. The van der Waals surface area contributed by atoms with Gasteiger partial charge in [-0.1, -0.05) is 6.92 Å². The van der Waals surface area contributed by atoms with Gasteiger partial charge in [0.15, 0.2) is 0 Å². The molecular weight excluding hydrogens is 262 g/mol. The molecule has 0 aliphatic carbocycles. The van der Waals surface area contributed by atoms with Crippen LogP contribution in [-0.2, 0) is 11.2 Å². The quantitative estimate of drug-likeness (QED) is 0.845. The summed E-state index contributed by atoms with van der Waals surface area (Å²) >= 11 is 1.37. The van der Waals surface area contributed by atoms with Crippen LogP contribution < -0.4 is 10.2 Å². The molecule has 1 aliphatic heterocycles. The summed E-state index contributed by atoms with van der Waals surface area (Å²) in [6.45, 7) is 5.84. The van der Waals surface area contributed by atoms with Crippen molar-refractivity contribution in [1.82, 2.24) is 19.6 Å². The van der Waals surface area contributed by atoms with Gasteiger partial charge in [0, 0.05) is 51.2 Å². The Morgan fingerprint density at radius 2 is 2.21 bits per heavy atom. The molecule has 1 amide bonds. The van der Waals surface area contributed by atoms with Gasteiger partial charge in [0.1, 0.15) is 5.82 Å². The van der Waals surface area contributed by atoms with Crippen LogP contribution in [0.15, 0.2) is 0 Å². The number of anilines is 1. The summed E-state index contributed by atoms with van der Waals surface area (Å²) in [5, 5.41) is 4.07. The third kappa shape index (κ3) is 3.87. The Kier molecular flexibility index (Phi) is 5.09. The summed E-state index contributed by atoms with van der Waals surface area (Å²) in [6, 6.07) is 0. The van der Waals surface area contributed by atoms with E-state index >= 15 is 0 Å². The van der Waals surface area contributed by atoms with Gasteiger partial charge in [0.2, 0.25) is 11.0 Å². The first-order chi connectivity index (χ1) is 9.20. The van der Waals surface area contributed by atoms with Crippen LogP contribution in [0.3, 0.4) is 0 Å². The predicted molar refractivity (Wildman–Crippen MR) is 76.6 cm³/mol. The van der Waals surface area contributed by atoms with Gasteiger partial charge in [-0.25, -0.2) is 4.98 Å². The first-order valence-electron chi connectivity index (χ1n) is 6.73. The summed E-state index contributed by atoms with van der Waals surface area (Å²) in [4.78, 5) is 20.4. The average Bonchev–Trinajstić information content (AvgIpc) is 2.89. The lowest BCUT2D eigenvalue weighted by molar-refractivity contribution is -0.130. The molecule has 1 N–H and O–H groups in total. The summed E-state index contributed by atoms with van der Waals surface area (Å²) in [5.74, 6) is 1.04. The lowest BCUT2D eigenvalue weighted by atomic mass is 10.3. The number of likely N-dealkylation sites (N-methyl/N-ethyl adjacent to an activating group) is 1. The Bertz CT molecular complexity index is 416. The third-order valence-electron chi connectivity index (χ3n) is 3.10. The standard InChI is InChI=1S/C12H21N5OS/c1-3-4-10-14-12(19-15-10)16(2)9-11(18)17-7-5-13-6-8-17/h13H,3-9H2,1-2H3. The number of rotatable bonds is 5. The number of carbonyl (C=O) groups excluding carboxylic acids is 1. The van der Waals surface area contributed by atoms with Gasteiger partial charge >= 0.3 is 0 Å². The van der Waals surface area contributed by atoms with Crippen LogP contribution in [0.25, 0.3) is 0 Å². The second-order valence-corrected chi connectivity index (χ2v) is 5.46. The SMILES string of the molecule is CCCc1nsc(N(C)CC(=O)N2CCNCC2)n1. The minimum atomic E-state index is 0.163. The van der Waals surface area contributed by atoms with E-state index in [0.29, 0.717) is 6.54 Å². The zero-order valence-corrected chi connectivity index (χ0v) is 12.4. The van der Waals surface area contributed by atoms with Crippen LogP contribution in [0.4, 0.5) is 5.13 Å². The molecule has 0 bridgehead atoms. The molecule has 0 unspecified atom stereocenters. The Hall–Kier alpha value is -1.21. The van der Waals surface area contributed by atoms with Gasteiger partial charge in [-0.2, -0.15) is 4.37 Å². The van der Waals surface area contributed by atoms with E-state index in [-0.39, 0.29) is 5.91 Å². The van der Waals surface area contributed by atoms with E-state index in [9.17, 15) is 4.79 Å². The average molecular weight is 283 g/mol. The second kappa shape index (κ2) is 6.81. The molecule has 0 aromatic carbocycles. The molecule has 1 aromatic rings. The molecule has 1 fully saturated rings. The fourth-order valence-corrected chi connectivity index (χ4v) is 2.68. The fraction of sp³-hybridized carbons (Fsp3) is 0.750. The van der Waals surface area contributed by atoms with Crippen molar-refractivity contribution in [3.8, 4) is 0 Å². The molecule has 0 atom stereocenters. The molecule has 1 saturated heterocycles. The Balaban J connectivity index is 1.88. The van der Waals surface area contributed by atoms with Gasteiger partial charge in [-0.05, 0) is 6.42 Å². The van der Waals surface area contributed by atoms with Crippen LogP contribution in [0.2, 0.25) is 0 Å². The summed E-state index contributed by atoms with van der Waals surface area (Å²) in [7, 11) is 1.90. The number of hydrogen-bond donors (Lipinski definition) is 1. The number of nitrogens with one attached hydrogen (secondary N) is 1. The number of nitrogens with zero attached hydrogens (tertiary/aromatic N) is 4. The van der Waals surface area contributed by atoms with Gasteiger partial charge in [0.25, 0.3) is 0 Å². The molecule has 0 spiro atoms.